The lowest BCUT2D eigenvalue weighted by Gasteiger charge is -2.04. The summed E-state index contributed by atoms with van der Waals surface area (Å²) < 4.78 is 13.2. The van der Waals surface area contributed by atoms with E-state index in [1.165, 1.54) is 0 Å². The maximum Gasteiger partial charge on any atom is 0.307 e. The molecule has 0 fully saturated rings. The molecule has 2 aromatic rings. The molecule has 2 aromatic carbocycles. The van der Waals surface area contributed by atoms with E-state index < -0.39 is 16.7 Å². The summed E-state index contributed by atoms with van der Waals surface area (Å²) in [5.74, 6) is -1.48. The van der Waals surface area contributed by atoms with E-state index in [0.717, 1.165) is 30.0 Å². The molecule has 21 heavy (non-hydrogen) atoms. The molecule has 0 aliphatic carbocycles. The third-order valence-electron chi connectivity index (χ3n) is 2.63. The van der Waals surface area contributed by atoms with Crippen LogP contribution in [0.1, 0.15) is 5.56 Å². The summed E-state index contributed by atoms with van der Waals surface area (Å²) >= 11 is 1.06. The first-order valence-corrected chi connectivity index (χ1v) is 6.70. The van der Waals surface area contributed by atoms with E-state index in [9.17, 15) is 19.3 Å². The predicted octanol–water partition coefficient (Wildman–Crippen LogP) is 3.51. The molecule has 5 nitrogen and oxygen atoms in total. The highest BCUT2D eigenvalue weighted by Gasteiger charge is 2.15. The Balaban J connectivity index is 2.23. The maximum atomic E-state index is 13.2. The first-order valence-electron chi connectivity index (χ1n) is 5.88. The zero-order valence-electron chi connectivity index (χ0n) is 10.7. The van der Waals surface area contributed by atoms with Gasteiger partial charge < -0.3 is 5.11 Å². The van der Waals surface area contributed by atoms with Crippen LogP contribution >= 0.6 is 11.8 Å². The fourth-order valence-corrected chi connectivity index (χ4v) is 2.64. The van der Waals surface area contributed by atoms with Crippen molar-refractivity contribution in [2.45, 2.75) is 16.2 Å². The number of aliphatic carboxylic acids is 1. The second-order valence-corrected chi connectivity index (χ2v) is 5.30. The molecule has 0 bridgehead atoms. The van der Waals surface area contributed by atoms with Gasteiger partial charge in [-0.05, 0) is 29.8 Å². The summed E-state index contributed by atoms with van der Waals surface area (Å²) in [6.07, 6.45) is -0.0922. The lowest BCUT2D eigenvalue weighted by molar-refractivity contribution is -0.387. The molecule has 0 heterocycles. The monoisotopic (exact) mass is 307 g/mol. The number of carboxylic acids is 1. The van der Waals surface area contributed by atoms with Crippen molar-refractivity contribution in [3.63, 3.8) is 0 Å². The van der Waals surface area contributed by atoms with Gasteiger partial charge >= 0.3 is 5.97 Å². The quantitative estimate of drug-likeness (QED) is 0.675. The molecular weight excluding hydrogens is 297 g/mol. The minimum atomic E-state index is -0.934. The van der Waals surface area contributed by atoms with Gasteiger partial charge in [-0.1, -0.05) is 23.9 Å². The molecule has 0 unspecified atom stereocenters. The van der Waals surface area contributed by atoms with Crippen molar-refractivity contribution in [1.29, 1.82) is 0 Å². The predicted molar refractivity (Wildman–Crippen MR) is 75.0 cm³/mol. The summed E-state index contributed by atoms with van der Waals surface area (Å²) in [7, 11) is 0. The molecule has 108 valence electrons. The van der Waals surface area contributed by atoms with Gasteiger partial charge in [-0.2, -0.15) is 0 Å². The van der Waals surface area contributed by atoms with E-state index in [0.29, 0.717) is 10.5 Å². The normalized spacial score (nSPS) is 10.3. The molecule has 2 rings (SSSR count). The molecule has 0 amide bonds. The number of nitro groups is 1. The standard InChI is InChI=1S/C14H10FNO4S/c15-10-3-6-12(16(19)20)13(8-10)21-11-4-1-9(2-5-11)7-14(17)18/h1-6,8H,7H2,(H,17,18). The number of rotatable bonds is 5. The first kappa shape index (κ1) is 15.0. The molecule has 0 atom stereocenters. The summed E-state index contributed by atoms with van der Waals surface area (Å²) in [5, 5.41) is 19.6. The molecule has 0 spiro atoms. The smallest absolute Gasteiger partial charge is 0.307 e. The number of carbonyl (C=O) groups is 1. The number of nitrogens with zero attached hydrogens (tertiary/aromatic N) is 1. The van der Waals surface area contributed by atoms with Crippen LogP contribution in [-0.2, 0) is 11.2 Å². The van der Waals surface area contributed by atoms with Crippen LogP contribution in [0.25, 0.3) is 0 Å². The molecule has 0 aliphatic rings. The van der Waals surface area contributed by atoms with Crippen molar-refractivity contribution in [3.05, 3.63) is 64.0 Å². The van der Waals surface area contributed by atoms with Gasteiger partial charge in [0.2, 0.25) is 0 Å². The molecule has 0 saturated carbocycles. The Bertz CT molecular complexity index is 688. The molecule has 0 saturated heterocycles. The number of carboxylic acid groups (broad SMARTS) is 1. The van der Waals surface area contributed by atoms with Crippen molar-refractivity contribution in [2.75, 3.05) is 0 Å². The summed E-state index contributed by atoms with van der Waals surface area (Å²) in [5.41, 5.74) is 0.455. The summed E-state index contributed by atoms with van der Waals surface area (Å²) in [6.45, 7) is 0. The highest BCUT2D eigenvalue weighted by atomic mass is 32.2. The Labute approximate surface area is 123 Å². The third-order valence-corrected chi connectivity index (χ3v) is 3.68. The summed E-state index contributed by atoms with van der Waals surface area (Å²) in [6, 6.07) is 9.82. The minimum Gasteiger partial charge on any atom is -0.481 e. The molecular formula is C14H10FNO4S. The number of halogens is 1. The molecule has 7 heteroatoms. The number of benzene rings is 2. The van der Waals surface area contributed by atoms with Gasteiger partial charge in [0.1, 0.15) is 5.82 Å². The number of hydrogen-bond donors (Lipinski definition) is 1. The van der Waals surface area contributed by atoms with Crippen LogP contribution in [0.3, 0.4) is 0 Å². The van der Waals surface area contributed by atoms with Crippen LogP contribution in [0, 0.1) is 15.9 Å². The Morgan fingerprint density at radius 3 is 2.48 bits per heavy atom. The van der Waals surface area contributed by atoms with Gasteiger partial charge in [0.15, 0.2) is 0 Å². The van der Waals surface area contributed by atoms with Crippen molar-refractivity contribution < 1.29 is 19.2 Å². The Morgan fingerprint density at radius 2 is 1.90 bits per heavy atom. The average Bonchev–Trinajstić information content (AvgIpc) is 2.40. The zero-order chi connectivity index (χ0) is 15.4. The Morgan fingerprint density at radius 1 is 1.24 bits per heavy atom. The lowest BCUT2D eigenvalue weighted by atomic mass is 10.2. The van der Waals surface area contributed by atoms with Crippen LogP contribution < -0.4 is 0 Å². The molecule has 1 N–H and O–H groups in total. The largest absolute Gasteiger partial charge is 0.481 e. The van der Waals surface area contributed by atoms with Crippen LogP contribution in [0.4, 0.5) is 10.1 Å². The van der Waals surface area contributed by atoms with Gasteiger partial charge in [-0.25, -0.2) is 4.39 Å². The van der Waals surface area contributed by atoms with Gasteiger partial charge in [-0.15, -0.1) is 0 Å². The Hall–Kier alpha value is -2.41. The molecule has 0 radical (unpaired) electrons. The third kappa shape index (κ3) is 4.03. The maximum absolute atomic E-state index is 13.2. The first-order chi connectivity index (χ1) is 9.95. The van der Waals surface area contributed by atoms with E-state index >= 15 is 0 Å². The second-order valence-electron chi connectivity index (χ2n) is 4.19. The number of hydrogen-bond acceptors (Lipinski definition) is 4. The van der Waals surface area contributed by atoms with Gasteiger partial charge in [0, 0.05) is 11.0 Å². The van der Waals surface area contributed by atoms with E-state index in [1.807, 2.05) is 0 Å². The van der Waals surface area contributed by atoms with Crippen LogP contribution in [0.2, 0.25) is 0 Å². The fourth-order valence-electron chi connectivity index (χ4n) is 1.70. The highest BCUT2D eigenvalue weighted by molar-refractivity contribution is 7.99. The van der Waals surface area contributed by atoms with E-state index in [2.05, 4.69) is 0 Å². The number of nitro benzene ring substituents is 1. The zero-order valence-corrected chi connectivity index (χ0v) is 11.5. The van der Waals surface area contributed by atoms with Gasteiger partial charge in [0.25, 0.3) is 5.69 Å². The van der Waals surface area contributed by atoms with E-state index in [4.69, 9.17) is 5.11 Å². The van der Waals surface area contributed by atoms with Crippen molar-refractivity contribution in [1.82, 2.24) is 0 Å². The topological polar surface area (TPSA) is 80.4 Å². The van der Waals surface area contributed by atoms with Crippen LogP contribution in [0.5, 0.6) is 0 Å². The SMILES string of the molecule is O=C(O)Cc1ccc(Sc2cc(F)ccc2[N+](=O)[O-])cc1. The Kier molecular flexibility index (Phi) is 4.54. The lowest BCUT2D eigenvalue weighted by Crippen LogP contribution is -1.99. The van der Waals surface area contributed by atoms with E-state index in [-0.39, 0.29) is 17.0 Å². The van der Waals surface area contributed by atoms with Crippen molar-refractivity contribution in [3.8, 4) is 0 Å². The van der Waals surface area contributed by atoms with Crippen molar-refractivity contribution >= 4 is 23.4 Å². The van der Waals surface area contributed by atoms with Gasteiger partial charge in [-0.3, -0.25) is 14.9 Å². The van der Waals surface area contributed by atoms with E-state index in [1.54, 1.807) is 24.3 Å². The minimum absolute atomic E-state index is 0.0922. The van der Waals surface area contributed by atoms with Gasteiger partial charge in [0.05, 0.1) is 16.2 Å². The van der Waals surface area contributed by atoms with Crippen LogP contribution in [0.15, 0.2) is 52.3 Å². The van der Waals surface area contributed by atoms with Crippen molar-refractivity contribution in [2.24, 2.45) is 0 Å². The molecule has 0 aromatic heterocycles. The highest BCUT2D eigenvalue weighted by Crippen LogP contribution is 2.35. The summed E-state index contributed by atoms with van der Waals surface area (Å²) in [4.78, 5) is 21.8. The fraction of sp³-hybridized carbons (Fsp3) is 0.0714. The average molecular weight is 307 g/mol. The van der Waals surface area contributed by atoms with Crippen LogP contribution in [-0.4, -0.2) is 16.0 Å². The second kappa shape index (κ2) is 6.36. The molecule has 0 aliphatic heterocycles.